The predicted octanol–water partition coefficient (Wildman–Crippen LogP) is 1.52. The van der Waals surface area contributed by atoms with E-state index in [9.17, 15) is 0 Å². The molecule has 0 fully saturated rings. The SMILES string of the molecule is CCN(CCCO)Cc1nc(N)ccc1Cl. The van der Waals surface area contributed by atoms with Crippen molar-refractivity contribution in [3.63, 3.8) is 0 Å². The van der Waals surface area contributed by atoms with E-state index in [-0.39, 0.29) is 6.61 Å². The number of rotatable bonds is 6. The summed E-state index contributed by atoms with van der Waals surface area (Å²) in [6.45, 7) is 4.67. The number of nitrogens with zero attached hydrogens (tertiary/aromatic N) is 2. The topological polar surface area (TPSA) is 62.4 Å². The number of aliphatic hydroxyl groups excluding tert-OH is 1. The van der Waals surface area contributed by atoms with E-state index >= 15 is 0 Å². The lowest BCUT2D eigenvalue weighted by Gasteiger charge is -2.20. The van der Waals surface area contributed by atoms with Gasteiger partial charge >= 0.3 is 0 Å². The molecule has 4 nitrogen and oxygen atoms in total. The number of pyridine rings is 1. The minimum Gasteiger partial charge on any atom is -0.396 e. The number of hydrogen-bond donors (Lipinski definition) is 2. The molecule has 1 rings (SSSR count). The van der Waals surface area contributed by atoms with Gasteiger partial charge in [0, 0.05) is 19.7 Å². The Hall–Kier alpha value is -0.840. The molecule has 0 spiro atoms. The maximum Gasteiger partial charge on any atom is 0.123 e. The number of aliphatic hydroxyl groups is 1. The summed E-state index contributed by atoms with van der Waals surface area (Å²) in [5.41, 5.74) is 6.41. The highest BCUT2D eigenvalue weighted by Crippen LogP contribution is 2.17. The molecule has 0 aromatic carbocycles. The number of halogens is 1. The standard InChI is InChI=1S/C11H18ClN3O/c1-2-15(6-3-7-16)8-10-9(12)4-5-11(13)14-10/h4-5,16H,2-3,6-8H2,1H3,(H2,13,14). The first-order chi connectivity index (χ1) is 7.67. The number of anilines is 1. The zero-order valence-corrected chi connectivity index (χ0v) is 10.2. The predicted molar refractivity (Wildman–Crippen MR) is 66.3 cm³/mol. The summed E-state index contributed by atoms with van der Waals surface area (Å²) >= 11 is 6.04. The normalized spacial score (nSPS) is 11.0. The second-order valence-corrected chi connectivity index (χ2v) is 4.02. The van der Waals surface area contributed by atoms with Crippen molar-refractivity contribution in [1.29, 1.82) is 0 Å². The second kappa shape index (κ2) is 6.68. The Labute approximate surface area is 101 Å². The average Bonchev–Trinajstić information content (AvgIpc) is 2.28. The van der Waals surface area contributed by atoms with Crippen LogP contribution < -0.4 is 5.73 Å². The van der Waals surface area contributed by atoms with Crippen LogP contribution in [0.3, 0.4) is 0 Å². The van der Waals surface area contributed by atoms with E-state index in [1.165, 1.54) is 0 Å². The number of hydrogen-bond acceptors (Lipinski definition) is 4. The van der Waals surface area contributed by atoms with E-state index in [0.717, 1.165) is 25.2 Å². The maximum absolute atomic E-state index is 8.79. The van der Waals surface area contributed by atoms with Gasteiger partial charge in [0.25, 0.3) is 0 Å². The lowest BCUT2D eigenvalue weighted by atomic mass is 10.3. The van der Waals surface area contributed by atoms with Crippen LogP contribution in [0.25, 0.3) is 0 Å². The van der Waals surface area contributed by atoms with Gasteiger partial charge in [0.05, 0.1) is 10.7 Å². The quantitative estimate of drug-likeness (QED) is 0.795. The van der Waals surface area contributed by atoms with Crippen LogP contribution in [0.5, 0.6) is 0 Å². The van der Waals surface area contributed by atoms with E-state index in [1.54, 1.807) is 12.1 Å². The van der Waals surface area contributed by atoms with Gasteiger partial charge in [0.15, 0.2) is 0 Å². The first-order valence-corrected chi connectivity index (χ1v) is 5.79. The molecule has 0 radical (unpaired) electrons. The highest BCUT2D eigenvalue weighted by Gasteiger charge is 2.08. The fraction of sp³-hybridized carbons (Fsp3) is 0.545. The van der Waals surface area contributed by atoms with Crippen molar-refractivity contribution in [3.8, 4) is 0 Å². The summed E-state index contributed by atoms with van der Waals surface area (Å²) in [5, 5.41) is 9.42. The van der Waals surface area contributed by atoms with Crippen molar-refractivity contribution in [1.82, 2.24) is 9.88 Å². The minimum atomic E-state index is 0.203. The van der Waals surface area contributed by atoms with E-state index in [2.05, 4.69) is 16.8 Å². The van der Waals surface area contributed by atoms with Crippen LogP contribution in [0.2, 0.25) is 5.02 Å². The van der Waals surface area contributed by atoms with Crippen LogP contribution in [0.15, 0.2) is 12.1 Å². The summed E-state index contributed by atoms with van der Waals surface area (Å²) in [7, 11) is 0. The molecule has 0 aliphatic carbocycles. The first kappa shape index (κ1) is 13.2. The monoisotopic (exact) mass is 243 g/mol. The van der Waals surface area contributed by atoms with Crippen molar-refractivity contribution in [2.75, 3.05) is 25.4 Å². The summed E-state index contributed by atoms with van der Waals surface area (Å²) in [4.78, 5) is 6.38. The molecule has 16 heavy (non-hydrogen) atoms. The molecule has 3 N–H and O–H groups in total. The van der Waals surface area contributed by atoms with Gasteiger partial charge in [-0.1, -0.05) is 18.5 Å². The molecule has 0 unspecified atom stereocenters. The number of nitrogens with two attached hydrogens (primary N) is 1. The van der Waals surface area contributed by atoms with Gasteiger partial charge in [-0.15, -0.1) is 0 Å². The Balaban J connectivity index is 2.65. The van der Waals surface area contributed by atoms with Crippen LogP contribution in [0, 0.1) is 0 Å². The third-order valence-corrected chi connectivity index (χ3v) is 2.74. The highest BCUT2D eigenvalue weighted by atomic mass is 35.5. The zero-order chi connectivity index (χ0) is 12.0. The molecule has 90 valence electrons. The van der Waals surface area contributed by atoms with Gasteiger partial charge in [0.1, 0.15) is 5.82 Å². The fourth-order valence-corrected chi connectivity index (χ4v) is 1.63. The lowest BCUT2D eigenvalue weighted by Crippen LogP contribution is -2.25. The molecule has 0 aliphatic heterocycles. The van der Waals surface area contributed by atoms with E-state index in [1.807, 2.05) is 0 Å². The molecule has 5 heteroatoms. The van der Waals surface area contributed by atoms with Gasteiger partial charge < -0.3 is 10.8 Å². The average molecular weight is 244 g/mol. The molecular weight excluding hydrogens is 226 g/mol. The Morgan fingerprint density at radius 3 is 2.88 bits per heavy atom. The van der Waals surface area contributed by atoms with E-state index in [4.69, 9.17) is 22.4 Å². The van der Waals surface area contributed by atoms with E-state index < -0.39 is 0 Å². The minimum absolute atomic E-state index is 0.203. The van der Waals surface area contributed by atoms with Crippen LogP contribution in [0.4, 0.5) is 5.82 Å². The molecule has 0 saturated carbocycles. The summed E-state index contributed by atoms with van der Waals surface area (Å²) in [6.07, 6.45) is 0.758. The third-order valence-electron chi connectivity index (χ3n) is 2.39. The Bertz CT molecular complexity index is 333. The van der Waals surface area contributed by atoms with Crippen LogP contribution in [0.1, 0.15) is 19.0 Å². The van der Waals surface area contributed by atoms with E-state index in [0.29, 0.717) is 17.4 Å². The number of aromatic nitrogens is 1. The van der Waals surface area contributed by atoms with Crippen LogP contribution in [-0.4, -0.2) is 34.7 Å². The Kier molecular flexibility index (Phi) is 5.52. The molecular formula is C11H18ClN3O. The van der Waals surface area contributed by atoms with Crippen molar-refractivity contribution >= 4 is 17.4 Å². The van der Waals surface area contributed by atoms with Crippen molar-refractivity contribution in [2.45, 2.75) is 19.9 Å². The molecule has 1 aromatic heterocycles. The summed E-state index contributed by atoms with van der Waals surface area (Å²) < 4.78 is 0. The number of nitrogen functional groups attached to an aromatic ring is 1. The zero-order valence-electron chi connectivity index (χ0n) is 9.49. The highest BCUT2D eigenvalue weighted by molar-refractivity contribution is 6.31. The van der Waals surface area contributed by atoms with Gasteiger partial charge in [-0.25, -0.2) is 4.98 Å². The van der Waals surface area contributed by atoms with Gasteiger partial charge in [-0.3, -0.25) is 4.90 Å². The third kappa shape index (κ3) is 3.96. The second-order valence-electron chi connectivity index (χ2n) is 3.61. The van der Waals surface area contributed by atoms with Crippen molar-refractivity contribution < 1.29 is 5.11 Å². The van der Waals surface area contributed by atoms with Gasteiger partial charge in [-0.05, 0) is 25.1 Å². The largest absolute Gasteiger partial charge is 0.396 e. The Morgan fingerprint density at radius 2 is 2.25 bits per heavy atom. The molecule has 1 heterocycles. The van der Waals surface area contributed by atoms with Crippen molar-refractivity contribution in [3.05, 3.63) is 22.8 Å². The summed E-state index contributed by atoms with van der Waals surface area (Å²) in [5.74, 6) is 0.484. The molecule has 0 saturated heterocycles. The maximum atomic E-state index is 8.79. The van der Waals surface area contributed by atoms with Gasteiger partial charge in [0.2, 0.25) is 0 Å². The molecule has 0 atom stereocenters. The van der Waals surface area contributed by atoms with Crippen LogP contribution >= 0.6 is 11.6 Å². The fourth-order valence-electron chi connectivity index (χ4n) is 1.47. The molecule has 0 amide bonds. The van der Waals surface area contributed by atoms with Crippen LogP contribution in [-0.2, 0) is 6.54 Å². The molecule has 0 bridgehead atoms. The first-order valence-electron chi connectivity index (χ1n) is 5.41. The lowest BCUT2D eigenvalue weighted by molar-refractivity contribution is 0.224. The van der Waals surface area contributed by atoms with Crippen molar-refractivity contribution in [2.24, 2.45) is 0 Å². The van der Waals surface area contributed by atoms with Gasteiger partial charge in [-0.2, -0.15) is 0 Å². The molecule has 1 aromatic rings. The summed E-state index contributed by atoms with van der Waals surface area (Å²) in [6, 6.07) is 3.45. The Morgan fingerprint density at radius 1 is 1.50 bits per heavy atom. The smallest absolute Gasteiger partial charge is 0.123 e. The molecule has 0 aliphatic rings.